The molecule has 2 heterocycles. The number of carbonyl (C=O) groups is 1. The quantitative estimate of drug-likeness (QED) is 0.923. The normalized spacial score (nSPS) is 16.0. The lowest BCUT2D eigenvalue weighted by Crippen LogP contribution is -2.38. The Labute approximate surface area is 146 Å². The van der Waals surface area contributed by atoms with E-state index in [9.17, 15) is 4.79 Å². The zero-order valence-corrected chi connectivity index (χ0v) is 14.4. The van der Waals surface area contributed by atoms with Crippen LogP contribution in [0.4, 0.5) is 10.5 Å². The second-order valence-corrected chi connectivity index (χ2v) is 6.42. The van der Waals surface area contributed by atoms with Gasteiger partial charge in [-0.25, -0.2) is 4.79 Å². The van der Waals surface area contributed by atoms with E-state index in [0.717, 1.165) is 44.1 Å². The summed E-state index contributed by atoms with van der Waals surface area (Å²) >= 11 is 5.95. The summed E-state index contributed by atoms with van der Waals surface area (Å²) in [6, 6.07) is 9.05. The summed E-state index contributed by atoms with van der Waals surface area (Å²) in [7, 11) is 0. The molecule has 7 heteroatoms. The fraction of sp³-hybridized carbons (Fsp3) is 0.412. The molecule has 6 nitrogen and oxygen atoms in total. The Morgan fingerprint density at radius 1 is 1.29 bits per heavy atom. The first-order valence-electron chi connectivity index (χ1n) is 8.06. The Kier molecular flexibility index (Phi) is 5.37. The highest BCUT2D eigenvalue weighted by molar-refractivity contribution is 6.30. The summed E-state index contributed by atoms with van der Waals surface area (Å²) in [4.78, 5) is 16.6. The third-order valence-corrected chi connectivity index (χ3v) is 4.25. The van der Waals surface area contributed by atoms with Crippen LogP contribution >= 0.6 is 11.6 Å². The van der Waals surface area contributed by atoms with Crippen LogP contribution < -0.4 is 5.32 Å². The molecule has 1 aromatic carbocycles. The van der Waals surface area contributed by atoms with E-state index in [0.29, 0.717) is 17.3 Å². The van der Waals surface area contributed by atoms with Crippen molar-refractivity contribution in [2.75, 3.05) is 31.5 Å². The highest BCUT2D eigenvalue weighted by Gasteiger charge is 2.20. The lowest BCUT2D eigenvalue weighted by Gasteiger charge is -2.22. The largest absolute Gasteiger partial charge is 0.361 e. The molecule has 2 amide bonds. The number of anilines is 1. The van der Waals surface area contributed by atoms with Crippen molar-refractivity contribution in [3.05, 3.63) is 46.8 Å². The number of nitrogens with zero attached hydrogens (tertiary/aromatic N) is 3. The molecule has 0 bridgehead atoms. The number of urea groups is 1. The van der Waals surface area contributed by atoms with E-state index < -0.39 is 0 Å². The number of amides is 2. The van der Waals surface area contributed by atoms with Gasteiger partial charge in [-0.3, -0.25) is 4.90 Å². The van der Waals surface area contributed by atoms with Crippen molar-refractivity contribution in [1.29, 1.82) is 0 Å². The van der Waals surface area contributed by atoms with Crippen molar-refractivity contribution in [3.63, 3.8) is 0 Å². The molecule has 0 radical (unpaired) electrons. The fourth-order valence-corrected chi connectivity index (χ4v) is 3.01. The van der Waals surface area contributed by atoms with Gasteiger partial charge in [-0.05, 0) is 31.5 Å². The first-order valence-corrected chi connectivity index (χ1v) is 8.44. The molecule has 0 saturated carbocycles. The lowest BCUT2D eigenvalue weighted by atomic mass is 10.3. The summed E-state index contributed by atoms with van der Waals surface area (Å²) in [6.45, 7) is 5.81. The van der Waals surface area contributed by atoms with Gasteiger partial charge in [0.25, 0.3) is 0 Å². The standard InChI is InChI=1S/C17H21ClN4O2/c1-13-10-16(20-24-13)12-21-6-3-7-22(9-8-21)17(23)19-15-5-2-4-14(18)11-15/h2,4-5,10-11H,3,6-9,12H2,1H3,(H,19,23). The molecule has 0 aliphatic carbocycles. The third-order valence-electron chi connectivity index (χ3n) is 4.01. The number of aryl methyl sites for hydroxylation is 1. The van der Waals surface area contributed by atoms with Crippen LogP contribution in [0, 0.1) is 6.92 Å². The molecule has 24 heavy (non-hydrogen) atoms. The SMILES string of the molecule is Cc1cc(CN2CCCN(C(=O)Nc3cccc(Cl)c3)CC2)no1. The van der Waals surface area contributed by atoms with Crippen LogP contribution in [-0.4, -0.2) is 47.2 Å². The van der Waals surface area contributed by atoms with Gasteiger partial charge >= 0.3 is 6.03 Å². The Bertz CT molecular complexity index is 703. The summed E-state index contributed by atoms with van der Waals surface area (Å²) in [5, 5.41) is 7.55. The Balaban J connectivity index is 1.53. The topological polar surface area (TPSA) is 61.6 Å². The smallest absolute Gasteiger partial charge is 0.321 e. The Morgan fingerprint density at radius 2 is 2.17 bits per heavy atom. The number of benzene rings is 1. The van der Waals surface area contributed by atoms with Gasteiger partial charge < -0.3 is 14.7 Å². The van der Waals surface area contributed by atoms with Crippen molar-refractivity contribution in [2.24, 2.45) is 0 Å². The van der Waals surface area contributed by atoms with Gasteiger partial charge in [0.15, 0.2) is 0 Å². The zero-order chi connectivity index (χ0) is 16.9. The van der Waals surface area contributed by atoms with Crippen LogP contribution in [0.3, 0.4) is 0 Å². The van der Waals surface area contributed by atoms with Gasteiger partial charge in [0.05, 0.1) is 5.69 Å². The number of hydrogen-bond donors (Lipinski definition) is 1. The Hall–Kier alpha value is -2.05. The van der Waals surface area contributed by atoms with Crippen LogP contribution in [0.2, 0.25) is 5.02 Å². The van der Waals surface area contributed by atoms with E-state index in [2.05, 4.69) is 15.4 Å². The molecule has 1 aromatic heterocycles. The predicted molar refractivity (Wildman–Crippen MR) is 93.2 cm³/mol. The van der Waals surface area contributed by atoms with E-state index in [4.69, 9.17) is 16.1 Å². The highest BCUT2D eigenvalue weighted by atomic mass is 35.5. The van der Waals surface area contributed by atoms with Gasteiger partial charge in [-0.1, -0.05) is 22.8 Å². The van der Waals surface area contributed by atoms with Crippen LogP contribution in [0.15, 0.2) is 34.9 Å². The van der Waals surface area contributed by atoms with Crippen molar-refractivity contribution in [3.8, 4) is 0 Å². The minimum Gasteiger partial charge on any atom is -0.361 e. The maximum Gasteiger partial charge on any atom is 0.321 e. The first kappa shape index (κ1) is 16.8. The van der Waals surface area contributed by atoms with E-state index in [1.807, 2.05) is 30.0 Å². The molecule has 2 aromatic rings. The number of aromatic nitrogens is 1. The molecule has 1 saturated heterocycles. The molecule has 1 aliphatic heterocycles. The molecule has 0 unspecified atom stereocenters. The van der Waals surface area contributed by atoms with Gasteiger partial charge in [0.2, 0.25) is 0 Å². The van der Waals surface area contributed by atoms with Gasteiger partial charge in [0.1, 0.15) is 5.76 Å². The van der Waals surface area contributed by atoms with E-state index in [1.165, 1.54) is 0 Å². The van der Waals surface area contributed by atoms with E-state index in [1.54, 1.807) is 12.1 Å². The fourth-order valence-electron chi connectivity index (χ4n) is 2.82. The maximum absolute atomic E-state index is 12.4. The molecular formula is C17H21ClN4O2. The minimum absolute atomic E-state index is 0.0867. The third kappa shape index (κ3) is 4.49. The monoisotopic (exact) mass is 348 g/mol. The molecule has 3 rings (SSSR count). The zero-order valence-electron chi connectivity index (χ0n) is 13.7. The predicted octanol–water partition coefficient (Wildman–Crippen LogP) is 3.38. The van der Waals surface area contributed by atoms with E-state index in [-0.39, 0.29) is 6.03 Å². The van der Waals surface area contributed by atoms with Crippen molar-refractivity contribution in [1.82, 2.24) is 15.0 Å². The lowest BCUT2D eigenvalue weighted by molar-refractivity contribution is 0.210. The number of nitrogens with one attached hydrogen (secondary N) is 1. The second kappa shape index (κ2) is 7.68. The van der Waals surface area contributed by atoms with Crippen molar-refractivity contribution < 1.29 is 9.32 Å². The summed E-state index contributed by atoms with van der Waals surface area (Å²) in [5.74, 6) is 0.822. The Morgan fingerprint density at radius 3 is 2.92 bits per heavy atom. The van der Waals surface area contributed by atoms with Gasteiger partial charge in [-0.15, -0.1) is 0 Å². The highest BCUT2D eigenvalue weighted by Crippen LogP contribution is 2.16. The molecular weight excluding hydrogens is 328 g/mol. The molecule has 1 aliphatic rings. The molecule has 0 spiro atoms. The maximum atomic E-state index is 12.4. The molecule has 128 valence electrons. The van der Waals surface area contributed by atoms with E-state index >= 15 is 0 Å². The number of hydrogen-bond acceptors (Lipinski definition) is 4. The van der Waals surface area contributed by atoms with Crippen molar-refractivity contribution in [2.45, 2.75) is 19.9 Å². The van der Waals surface area contributed by atoms with Gasteiger partial charge in [0, 0.05) is 49.5 Å². The van der Waals surface area contributed by atoms with Crippen LogP contribution in [0.25, 0.3) is 0 Å². The first-order chi connectivity index (χ1) is 11.6. The average Bonchev–Trinajstić information content (AvgIpc) is 2.81. The summed E-state index contributed by atoms with van der Waals surface area (Å²) in [5.41, 5.74) is 1.65. The van der Waals surface area contributed by atoms with Gasteiger partial charge in [-0.2, -0.15) is 0 Å². The average molecular weight is 349 g/mol. The van der Waals surface area contributed by atoms with Crippen molar-refractivity contribution >= 4 is 23.3 Å². The minimum atomic E-state index is -0.0867. The molecule has 1 fully saturated rings. The summed E-state index contributed by atoms with van der Waals surface area (Å²) in [6.07, 6.45) is 0.930. The second-order valence-electron chi connectivity index (χ2n) is 5.99. The van der Waals surface area contributed by atoms with Crippen LogP contribution in [0.1, 0.15) is 17.9 Å². The van der Waals surface area contributed by atoms with Crippen LogP contribution in [-0.2, 0) is 6.54 Å². The number of rotatable bonds is 3. The summed E-state index contributed by atoms with van der Waals surface area (Å²) < 4.78 is 5.11. The molecule has 1 N–H and O–H groups in total. The number of halogens is 1. The molecule has 0 atom stereocenters. The van der Waals surface area contributed by atoms with Crippen LogP contribution in [0.5, 0.6) is 0 Å². The number of carbonyl (C=O) groups excluding carboxylic acids is 1.